The summed E-state index contributed by atoms with van der Waals surface area (Å²) in [7, 11) is 0. The topological polar surface area (TPSA) is 69.0 Å². The highest BCUT2D eigenvalue weighted by atomic mass is 16.5. The van der Waals surface area contributed by atoms with Crippen molar-refractivity contribution in [3.8, 4) is 28.6 Å². The van der Waals surface area contributed by atoms with Gasteiger partial charge >= 0.3 is 0 Å². The lowest BCUT2D eigenvalue weighted by molar-refractivity contribution is 0.101. The number of hydrogen-bond acceptors (Lipinski definition) is 4. The molecule has 0 unspecified atom stereocenters. The Morgan fingerprint density at radius 3 is 2.14 bits per heavy atom. The highest BCUT2D eigenvalue weighted by Gasteiger charge is 2.20. The largest absolute Gasteiger partial charge is 0.457 e. The van der Waals surface area contributed by atoms with Gasteiger partial charge in [-0.2, -0.15) is 0 Å². The number of nitrogens with one attached hydrogen (secondary N) is 1. The van der Waals surface area contributed by atoms with E-state index in [0.717, 1.165) is 28.1 Å². The third-order valence-corrected chi connectivity index (χ3v) is 5.74. The van der Waals surface area contributed by atoms with Gasteiger partial charge in [-0.05, 0) is 67.4 Å². The van der Waals surface area contributed by atoms with Gasteiger partial charge in [0.05, 0.1) is 5.69 Å². The molecule has 5 rings (SSSR count). The van der Waals surface area contributed by atoms with Crippen LogP contribution in [0.1, 0.15) is 21.7 Å². The van der Waals surface area contributed by atoms with Gasteiger partial charge in [0.25, 0.3) is 5.91 Å². The first-order chi connectivity index (χ1) is 17.1. The fraction of sp³-hybridized carbons (Fsp3) is 0.0690. The van der Waals surface area contributed by atoms with Gasteiger partial charge < -0.3 is 10.1 Å². The molecule has 0 saturated carbocycles. The molecule has 0 aliphatic rings. The Morgan fingerprint density at radius 2 is 1.43 bits per heavy atom. The summed E-state index contributed by atoms with van der Waals surface area (Å²) < 4.78 is 7.56. The Bertz CT molecular complexity index is 1460. The molecule has 5 aromatic rings. The lowest BCUT2D eigenvalue weighted by Crippen LogP contribution is -2.14. The average Bonchev–Trinajstić information content (AvgIpc) is 3.34. The van der Waals surface area contributed by atoms with Crippen LogP contribution in [-0.4, -0.2) is 20.7 Å². The molecule has 0 aliphatic heterocycles. The van der Waals surface area contributed by atoms with E-state index in [4.69, 9.17) is 4.74 Å². The first-order valence-electron chi connectivity index (χ1n) is 11.3. The molecule has 0 atom stereocenters. The molecule has 0 fully saturated rings. The minimum atomic E-state index is -0.386. The quantitative estimate of drug-likeness (QED) is 0.310. The number of carbonyl (C=O) groups excluding carboxylic acids is 1. The summed E-state index contributed by atoms with van der Waals surface area (Å²) in [6, 6.07) is 32.5. The number of benzene rings is 4. The number of anilines is 1. The van der Waals surface area contributed by atoms with E-state index in [1.165, 1.54) is 0 Å². The third-order valence-electron chi connectivity index (χ3n) is 5.74. The average molecular weight is 461 g/mol. The predicted molar refractivity (Wildman–Crippen MR) is 137 cm³/mol. The summed E-state index contributed by atoms with van der Waals surface area (Å²) in [5, 5.41) is 7.48. The van der Waals surface area contributed by atoms with Crippen molar-refractivity contribution in [3.05, 3.63) is 120 Å². The van der Waals surface area contributed by atoms with Crippen LogP contribution in [0.3, 0.4) is 0 Å². The van der Waals surface area contributed by atoms with Crippen molar-refractivity contribution in [1.82, 2.24) is 14.8 Å². The summed E-state index contributed by atoms with van der Waals surface area (Å²) >= 11 is 0. The second-order valence-electron chi connectivity index (χ2n) is 8.15. The van der Waals surface area contributed by atoms with Crippen LogP contribution in [-0.2, 0) is 0 Å². The molecule has 0 bridgehead atoms. The molecule has 6 nitrogen and oxygen atoms in total. The smallest absolute Gasteiger partial charge is 0.295 e. The maximum atomic E-state index is 13.1. The molecular formula is C29H24N4O2. The van der Waals surface area contributed by atoms with Gasteiger partial charge in [0, 0.05) is 11.3 Å². The Labute approximate surface area is 203 Å². The highest BCUT2D eigenvalue weighted by molar-refractivity contribution is 6.01. The maximum Gasteiger partial charge on any atom is 0.295 e. The number of para-hydroxylation sites is 1. The van der Waals surface area contributed by atoms with E-state index in [0.29, 0.717) is 17.3 Å². The zero-order valence-electron chi connectivity index (χ0n) is 19.5. The molecule has 0 radical (unpaired) electrons. The van der Waals surface area contributed by atoms with Crippen LogP contribution in [0.2, 0.25) is 0 Å². The second-order valence-corrected chi connectivity index (χ2v) is 8.15. The fourth-order valence-corrected chi connectivity index (χ4v) is 3.73. The van der Waals surface area contributed by atoms with Crippen LogP contribution >= 0.6 is 0 Å². The van der Waals surface area contributed by atoms with E-state index in [9.17, 15) is 4.79 Å². The van der Waals surface area contributed by atoms with Gasteiger partial charge in [-0.15, -0.1) is 5.10 Å². The monoisotopic (exact) mass is 460 g/mol. The van der Waals surface area contributed by atoms with Crippen molar-refractivity contribution in [2.24, 2.45) is 0 Å². The molecule has 0 saturated heterocycles. The number of hydrogen-bond donors (Lipinski definition) is 1. The van der Waals surface area contributed by atoms with Gasteiger partial charge in [-0.1, -0.05) is 60.7 Å². The highest BCUT2D eigenvalue weighted by Crippen LogP contribution is 2.26. The Balaban J connectivity index is 1.42. The lowest BCUT2D eigenvalue weighted by Gasteiger charge is -2.10. The molecular weight excluding hydrogens is 436 g/mol. The number of amides is 1. The Kier molecular flexibility index (Phi) is 6.09. The molecule has 172 valence electrons. The van der Waals surface area contributed by atoms with E-state index < -0.39 is 0 Å². The number of aryl methyl sites for hydroxylation is 1. The molecule has 35 heavy (non-hydrogen) atoms. The Morgan fingerprint density at radius 1 is 0.771 bits per heavy atom. The number of carbonyl (C=O) groups is 1. The van der Waals surface area contributed by atoms with Gasteiger partial charge in [0.15, 0.2) is 5.82 Å². The zero-order valence-corrected chi connectivity index (χ0v) is 19.5. The number of ether oxygens (including phenoxy) is 1. The van der Waals surface area contributed by atoms with Crippen molar-refractivity contribution in [2.75, 3.05) is 5.32 Å². The van der Waals surface area contributed by atoms with Gasteiger partial charge in [0.1, 0.15) is 11.5 Å². The van der Waals surface area contributed by atoms with E-state index >= 15 is 0 Å². The van der Waals surface area contributed by atoms with Crippen molar-refractivity contribution >= 4 is 11.6 Å². The minimum Gasteiger partial charge on any atom is -0.457 e. The first kappa shape index (κ1) is 22.1. The minimum absolute atomic E-state index is 0.0920. The van der Waals surface area contributed by atoms with E-state index in [2.05, 4.69) is 28.4 Å². The van der Waals surface area contributed by atoms with Crippen LogP contribution < -0.4 is 10.1 Å². The van der Waals surface area contributed by atoms with E-state index in [1.54, 1.807) is 28.9 Å². The van der Waals surface area contributed by atoms with Crippen molar-refractivity contribution in [3.63, 3.8) is 0 Å². The number of nitrogens with zero attached hydrogens (tertiary/aromatic N) is 3. The molecule has 4 aromatic carbocycles. The molecule has 1 amide bonds. The molecule has 1 heterocycles. The molecule has 6 heteroatoms. The van der Waals surface area contributed by atoms with Gasteiger partial charge in [0.2, 0.25) is 5.82 Å². The molecule has 0 aliphatic carbocycles. The standard InChI is InChI=1S/C29H24N4O2/c1-20-10-9-15-26(21(20)2)33-28(22-11-5-3-6-12-22)31-27(32-33)29(34)30-23-16-18-25(19-17-23)35-24-13-7-4-8-14-24/h3-19H,1-2H3,(H,30,34). The fourth-order valence-electron chi connectivity index (χ4n) is 3.73. The number of aromatic nitrogens is 3. The van der Waals surface area contributed by atoms with Gasteiger partial charge in [-0.3, -0.25) is 4.79 Å². The van der Waals surface area contributed by atoms with Crippen molar-refractivity contribution in [2.45, 2.75) is 13.8 Å². The maximum absolute atomic E-state index is 13.1. The summed E-state index contributed by atoms with van der Waals surface area (Å²) in [6.07, 6.45) is 0. The van der Waals surface area contributed by atoms with E-state index in [1.807, 2.05) is 79.7 Å². The zero-order chi connectivity index (χ0) is 24.2. The summed E-state index contributed by atoms with van der Waals surface area (Å²) in [6.45, 7) is 4.09. The van der Waals surface area contributed by atoms with Crippen LogP contribution in [0, 0.1) is 13.8 Å². The SMILES string of the molecule is Cc1cccc(-n2nc(C(=O)Nc3ccc(Oc4ccccc4)cc3)nc2-c2ccccc2)c1C. The van der Waals surface area contributed by atoms with Gasteiger partial charge in [-0.25, -0.2) is 9.67 Å². The summed E-state index contributed by atoms with van der Waals surface area (Å²) in [5.74, 6) is 1.74. The molecule has 1 N–H and O–H groups in total. The third kappa shape index (κ3) is 4.82. The van der Waals surface area contributed by atoms with Crippen molar-refractivity contribution < 1.29 is 9.53 Å². The summed E-state index contributed by atoms with van der Waals surface area (Å²) in [5.41, 5.74) is 4.61. The van der Waals surface area contributed by atoms with Crippen LogP contribution in [0.4, 0.5) is 5.69 Å². The lowest BCUT2D eigenvalue weighted by atomic mass is 10.1. The van der Waals surface area contributed by atoms with Crippen LogP contribution in [0.15, 0.2) is 103 Å². The van der Waals surface area contributed by atoms with Crippen LogP contribution in [0.25, 0.3) is 17.1 Å². The normalized spacial score (nSPS) is 10.7. The molecule has 0 spiro atoms. The van der Waals surface area contributed by atoms with Crippen LogP contribution in [0.5, 0.6) is 11.5 Å². The van der Waals surface area contributed by atoms with Crippen molar-refractivity contribution in [1.29, 1.82) is 0 Å². The number of rotatable bonds is 6. The first-order valence-corrected chi connectivity index (χ1v) is 11.3. The molecule has 1 aromatic heterocycles. The Hall–Kier alpha value is -4.71. The predicted octanol–water partition coefficient (Wildman–Crippen LogP) is 6.60. The van der Waals surface area contributed by atoms with E-state index in [-0.39, 0.29) is 11.7 Å². The summed E-state index contributed by atoms with van der Waals surface area (Å²) in [4.78, 5) is 17.7. The second kappa shape index (κ2) is 9.65.